The summed E-state index contributed by atoms with van der Waals surface area (Å²) in [5, 5.41) is 3.44. The van der Waals surface area contributed by atoms with Gasteiger partial charge in [-0.3, -0.25) is 4.79 Å². The number of hydrogen-bond donors (Lipinski definition) is 1. The average Bonchev–Trinajstić information content (AvgIpc) is 2.11. The van der Waals surface area contributed by atoms with Crippen molar-refractivity contribution < 1.29 is 4.79 Å². The number of thioether (sulfide) groups is 1. The Morgan fingerprint density at radius 2 is 1.76 bits per heavy atom. The second-order valence-electron chi connectivity index (χ2n) is 5.67. The summed E-state index contributed by atoms with van der Waals surface area (Å²) in [5.74, 6) is 0.878. The van der Waals surface area contributed by atoms with E-state index in [-0.39, 0.29) is 23.1 Å². The lowest BCUT2D eigenvalue weighted by molar-refractivity contribution is -0.130. The van der Waals surface area contributed by atoms with E-state index in [1.165, 1.54) is 0 Å². The highest BCUT2D eigenvalue weighted by Crippen LogP contribution is 2.23. The fourth-order valence-corrected chi connectivity index (χ4v) is 2.64. The van der Waals surface area contributed by atoms with Gasteiger partial charge in [-0.2, -0.15) is 0 Å². The summed E-state index contributed by atoms with van der Waals surface area (Å²) in [6, 6.07) is 0.819. The lowest BCUT2D eigenvalue weighted by atomic mass is 10.1. The first-order valence-corrected chi connectivity index (χ1v) is 6.94. The molecule has 1 heterocycles. The maximum atomic E-state index is 12.0. The van der Waals surface area contributed by atoms with Gasteiger partial charge in [0, 0.05) is 29.9 Å². The van der Waals surface area contributed by atoms with Crippen molar-refractivity contribution >= 4 is 30.1 Å². The molecule has 0 aromatic heterocycles. The molecule has 0 spiro atoms. The van der Waals surface area contributed by atoms with Crippen molar-refractivity contribution in [2.24, 2.45) is 0 Å². The Bertz CT molecular complexity index is 245. The third-order valence-corrected chi connectivity index (χ3v) is 3.80. The molecular weight excluding hydrogens is 256 g/mol. The van der Waals surface area contributed by atoms with Crippen LogP contribution in [0.4, 0.5) is 0 Å². The maximum absolute atomic E-state index is 12.0. The topological polar surface area (TPSA) is 32.3 Å². The summed E-state index contributed by atoms with van der Waals surface area (Å²) in [6.07, 6.45) is 0. The molecule has 1 aliphatic heterocycles. The van der Waals surface area contributed by atoms with Crippen LogP contribution < -0.4 is 5.32 Å². The van der Waals surface area contributed by atoms with Crippen LogP contribution in [0.2, 0.25) is 0 Å². The van der Waals surface area contributed by atoms with E-state index in [0.717, 1.165) is 13.1 Å². The maximum Gasteiger partial charge on any atom is 0.232 e. The van der Waals surface area contributed by atoms with Crippen molar-refractivity contribution in [2.75, 3.05) is 18.8 Å². The summed E-state index contributed by atoms with van der Waals surface area (Å²) in [7, 11) is 0. The van der Waals surface area contributed by atoms with E-state index in [4.69, 9.17) is 0 Å². The minimum absolute atomic E-state index is 0. The Kier molecular flexibility index (Phi) is 6.89. The molecule has 1 rings (SSSR count). The molecule has 0 aromatic rings. The summed E-state index contributed by atoms with van der Waals surface area (Å²) in [4.78, 5) is 14.0. The van der Waals surface area contributed by atoms with Gasteiger partial charge in [0.15, 0.2) is 0 Å². The zero-order valence-electron chi connectivity index (χ0n) is 11.4. The van der Waals surface area contributed by atoms with Crippen LogP contribution in [0.1, 0.15) is 34.6 Å². The molecule has 0 aliphatic carbocycles. The molecule has 102 valence electrons. The zero-order valence-corrected chi connectivity index (χ0v) is 13.1. The smallest absolute Gasteiger partial charge is 0.232 e. The molecule has 1 N–H and O–H groups in total. The van der Waals surface area contributed by atoms with Gasteiger partial charge in [0.1, 0.15) is 0 Å². The third kappa shape index (κ3) is 6.53. The van der Waals surface area contributed by atoms with Crippen LogP contribution in [0.15, 0.2) is 0 Å². The number of halogens is 1. The molecule has 0 aromatic carbocycles. The number of nitrogens with one attached hydrogen (secondary N) is 1. The molecule has 1 aliphatic rings. The highest BCUT2D eigenvalue weighted by molar-refractivity contribution is 8.01. The number of hydrogen-bond acceptors (Lipinski definition) is 3. The van der Waals surface area contributed by atoms with Crippen molar-refractivity contribution in [2.45, 2.75) is 51.4 Å². The van der Waals surface area contributed by atoms with Gasteiger partial charge in [-0.25, -0.2) is 0 Å². The summed E-state index contributed by atoms with van der Waals surface area (Å²) >= 11 is 1.73. The first kappa shape index (κ1) is 17.1. The number of rotatable bonds is 2. The van der Waals surface area contributed by atoms with Crippen LogP contribution in [0, 0.1) is 0 Å². The second kappa shape index (κ2) is 6.86. The zero-order chi connectivity index (χ0) is 12.3. The van der Waals surface area contributed by atoms with Crippen molar-refractivity contribution in [1.29, 1.82) is 0 Å². The molecule has 2 atom stereocenters. The van der Waals surface area contributed by atoms with Gasteiger partial charge in [-0.05, 0) is 13.8 Å². The van der Waals surface area contributed by atoms with Crippen LogP contribution in [0.5, 0.6) is 0 Å². The lowest BCUT2D eigenvalue weighted by Gasteiger charge is -2.36. The van der Waals surface area contributed by atoms with Gasteiger partial charge < -0.3 is 10.2 Å². The van der Waals surface area contributed by atoms with E-state index in [1.807, 2.05) is 4.90 Å². The summed E-state index contributed by atoms with van der Waals surface area (Å²) < 4.78 is 0.168. The highest BCUT2D eigenvalue weighted by atomic mass is 35.5. The van der Waals surface area contributed by atoms with E-state index in [9.17, 15) is 4.79 Å². The third-order valence-electron chi connectivity index (χ3n) is 2.54. The molecule has 5 heteroatoms. The van der Waals surface area contributed by atoms with Crippen LogP contribution >= 0.6 is 24.2 Å². The lowest BCUT2D eigenvalue weighted by Crippen LogP contribution is -2.56. The number of piperazine rings is 1. The molecule has 0 saturated carbocycles. The number of amides is 1. The average molecular weight is 281 g/mol. The SMILES string of the molecule is CC1CN(C(=O)CSC(C)(C)C)CC(C)N1.Cl. The predicted octanol–water partition coefficient (Wildman–Crippen LogP) is 2.15. The van der Waals surface area contributed by atoms with Crippen molar-refractivity contribution in [3.05, 3.63) is 0 Å². The van der Waals surface area contributed by atoms with Gasteiger partial charge in [-0.15, -0.1) is 24.2 Å². The van der Waals surface area contributed by atoms with Gasteiger partial charge in [-0.1, -0.05) is 20.8 Å². The molecule has 3 nitrogen and oxygen atoms in total. The number of carbonyl (C=O) groups excluding carboxylic acids is 1. The van der Waals surface area contributed by atoms with E-state index in [1.54, 1.807) is 11.8 Å². The normalized spacial score (nSPS) is 25.4. The van der Waals surface area contributed by atoms with Gasteiger partial charge >= 0.3 is 0 Å². The van der Waals surface area contributed by atoms with E-state index >= 15 is 0 Å². The molecule has 1 fully saturated rings. The molecular formula is C12H25ClN2OS. The van der Waals surface area contributed by atoms with Crippen LogP contribution in [-0.4, -0.2) is 46.5 Å². The summed E-state index contributed by atoms with van der Waals surface area (Å²) in [5.41, 5.74) is 0. The Morgan fingerprint density at radius 3 is 2.18 bits per heavy atom. The largest absolute Gasteiger partial charge is 0.339 e. The predicted molar refractivity (Wildman–Crippen MR) is 78.1 cm³/mol. The van der Waals surface area contributed by atoms with Crippen molar-refractivity contribution in [1.82, 2.24) is 10.2 Å². The van der Waals surface area contributed by atoms with E-state index < -0.39 is 0 Å². The molecule has 1 saturated heterocycles. The minimum Gasteiger partial charge on any atom is -0.339 e. The fourth-order valence-electron chi connectivity index (χ4n) is 1.90. The van der Waals surface area contributed by atoms with Crippen LogP contribution in [0.25, 0.3) is 0 Å². The molecule has 0 bridgehead atoms. The van der Waals surface area contributed by atoms with Gasteiger partial charge in [0.05, 0.1) is 5.75 Å². The molecule has 2 unspecified atom stereocenters. The second-order valence-corrected chi connectivity index (χ2v) is 7.47. The van der Waals surface area contributed by atoms with Crippen molar-refractivity contribution in [3.63, 3.8) is 0 Å². The van der Waals surface area contributed by atoms with Gasteiger partial charge in [0.25, 0.3) is 0 Å². The highest BCUT2D eigenvalue weighted by Gasteiger charge is 2.25. The van der Waals surface area contributed by atoms with Crippen LogP contribution in [0.3, 0.4) is 0 Å². The molecule has 1 amide bonds. The van der Waals surface area contributed by atoms with E-state index in [2.05, 4.69) is 39.9 Å². The quantitative estimate of drug-likeness (QED) is 0.841. The first-order chi connectivity index (χ1) is 7.28. The Balaban J connectivity index is 0.00000256. The Labute approximate surface area is 115 Å². The Hall–Kier alpha value is 0.0700. The minimum atomic E-state index is 0. The first-order valence-electron chi connectivity index (χ1n) is 5.96. The van der Waals surface area contributed by atoms with Gasteiger partial charge in [0.2, 0.25) is 5.91 Å². The molecule has 17 heavy (non-hydrogen) atoms. The number of nitrogens with zero attached hydrogens (tertiary/aromatic N) is 1. The number of carbonyl (C=O) groups is 1. The Morgan fingerprint density at radius 1 is 1.29 bits per heavy atom. The fraction of sp³-hybridized carbons (Fsp3) is 0.917. The summed E-state index contributed by atoms with van der Waals surface area (Å²) in [6.45, 7) is 12.4. The standard InChI is InChI=1S/C12H24N2OS.ClH/c1-9-6-14(7-10(2)13-9)11(15)8-16-12(3,4)5;/h9-10,13H,6-8H2,1-5H3;1H. The van der Waals surface area contributed by atoms with E-state index in [0.29, 0.717) is 17.8 Å². The van der Waals surface area contributed by atoms with Crippen LogP contribution in [-0.2, 0) is 4.79 Å². The molecule has 0 radical (unpaired) electrons. The monoisotopic (exact) mass is 280 g/mol. The van der Waals surface area contributed by atoms with Crippen molar-refractivity contribution in [3.8, 4) is 0 Å².